The standard InChI is InChI=1S/C87H96BN3S/c1-52-42-62-65(84(13,14)40-38-82(62,9)10)48-71(52)90-70-37-28-54(60-25-23-27-77-78(60)61-24-21-22-26-76(61)92-77)44-68(70)88-69-47-64-67(87(19,20)51-86(64,17)18)50-73(69)91(72-49-66-63(43-53(72)2)83(11,12)39-41-85(66,15)16)75-46-59(45-74(90)79(75)88)89(57-33-29-55(30-34-57)80(3,4)5)58-35-31-56(32-36-58)81(6,7)8/h21-37,42-50H,38-41,51H2,1-20H3. The van der Waals surface area contributed by atoms with Gasteiger partial charge in [-0.05, 0) is 245 Å². The summed E-state index contributed by atoms with van der Waals surface area (Å²) in [6, 6.07) is 63.9. The number of benzene rings is 9. The van der Waals surface area contributed by atoms with E-state index in [2.05, 4.69) is 311 Å². The van der Waals surface area contributed by atoms with Crippen LogP contribution in [-0.2, 0) is 43.3 Å². The monoisotopic (exact) mass is 1230 g/mol. The summed E-state index contributed by atoms with van der Waals surface area (Å²) in [5.41, 5.74) is 31.8. The lowest BCUT2D eigenvalue weighted by atomic mass is 9.33. The lowest BCUT2D eigenvalue weighted by Gasteiger charge is -2.47. The van der Waals surface area contributed by atoms with Gasteiger partial charge in [0, 0.05) is 65.7 Å². The second-order valence-corrected chi connectivity index (χ2v) is 35.9. The van der Waals surface area contributed by atoms with Crippen LogP contribution in [0.25, 0.3) is 31.3 Å². The highest BCUT2D eigenvalue weighted by Crippen LogP contribution is 2.57. The van der Waals surface area contributed by atoms with Crippen LogP contribution in [-0.4, -0.2) is 6.71 Å². The van der Waals surface area contributed by atoms with E-state index in [-0.39, 0.29) is 50.0 Å². The van der Waals surface area contributed by atoms with Crippen molar-refractivity contribution in [1.82, 2.24) is 0 Å². The number of nitrogens with zero attached hydrogens (tertiary/aromatic N) is 3. The van der Waals surface area contributed by atoms with E-state index in [9.17, 15) is 0 Å². The van der Waals surface area contributed by atoms with Crippen molar-refractivity contribution in [3.05, 3.63) is 213 Å². The summed E-state index contributed by atoms with van der Waals surface area (Å²) in [6.07, 6.45) is 5.70. The molecule has 10 aromatic rings. The maximum atomic E-state index is 2.79. The average molecular weight is 1230 g/mol. The van der Waals surface area contributed by atoms with E-state index in [0.29, 0.717) is 0 Å². The first kappa shape index (κ1) is 60.9. The Morgan fingerprint density at radius 2 is 0.826 bits per heavy atom. The largest absolute Gasteiger partial charge is 0.311 e. The van der Waals surface area contributed by atoms with Gasteiger partial charge in [-0.15, -0.1) is 11.3 Å². The Hall–Kier alpha value is -7.34. The fraction of sp³-hybridized carbons (Fsp3) is 0.379. The maximum absolute atomic E-state index is 2.79. The van der Waals surface area contributed by atoms with Crippen LogP contribution in [0.1, 0.15) is 212 Å². The normalized spacial score (nSPS) is 18.5. The quantitative estimate of drug-likeness (QED) is 0.154. The molecule has 0 atom stereocenters. The molecule has 0 N–H and O–H groups in total. The van der Waals surface area contributed by atoms with Crippen LogP contribution in [0.5, 0.6) is 0 Å². The molecule has 5 aliphatic rings. The number of hydrogen-bond donors (Lipinski definition) is 0. The van der Waals surface area contributed by atoms with Gasteiger partial charge in [-0.1, -0.05) is 210 Å². The molecule has 0 spiro atoms. The van der Waals surface area contributed by atoms with Gasteiger partial charge in [-0.25, -0.2) is 0 Å². The highest BCUT2D eigenvalue weighted by molar-refractivity contribution is 7.26. The van der Waals surface area contributed by atoms with E-state index in [1.54, 1.807) is 0 Å². The Morgan fingerprint density at radius 3 is 1.34 bits per heavy atom. The van der Waals surface area contributed by atoms with Crippen molar-refractivity contribution in [3.8, 4) is 11.1 Å². The Morgan fingerprint density at radius 1 is 0.391 bits per heavy atom. The minimum atomic E-state index is -0.109. The summed E-state index contributed by atoms with van der Waals surface area (Å²) in [4.78, 5) is 8.12. The topological polar surface area (TPSA) is 9.72 Å². The highest BCUT2D eigenvalue weighted by atomic mass is 32.1. The first-order chi connectivity index (χ1) is 43.1. The van der Waals surface area contributed by atoms with Gasteiger partial charge in [0.2, 0.25) is 0 Å². The predicted molar refractivity (Wildman–Crippen MR) is 402 cm³/mol. The number of aryl methyl sites for hydroxylation is 2. The number of thiophene rings is 1. The van der Waals surface area contributed by atoms with Gasteiger partial charge in [0.15, 0.2) is 0 Å². The maximum Gasteiger partial charge on any atom is 0.252 e. The van der Waals surface area contributed by atoms with Crippen molar-refractivity contribution in [1.29, 1.82) is 0 Å². The lowest BCUT2D eigenvalue weighted by Crippen LogP contribution is -2.61. The molecule has 92 heavy (non-hydrogen) atoms. The molecule has 3 nitrogen and oxygen atoms in total. The molecule has 9 aromatic carbocycles. The summed E-state index contributed by atoms with van der Waals surface area (Å²) >= 11 is 1.91. The predicted octanol–water partition coefficient (Wildman–Crippen LogP) is 23.1. The fourth-order valence-corrected chi connectivity index (χ4v) is 19.0. The summed E-state index contributed by atoms with van der Waals surface area (Å²) in [6.45, 7) is 48.6. The SMILES string of the molecule is Cc1cc2c(cc1N1c3ccc(-c4cccc5sc6ccccc6c45)cc3B3c4cc5c(cc4N(c4cc6c(cc4C)C(C)(C)CCC6(C)C)c4cc(N(c6ccc(C(C)(C)C)cc6)c6ccc(C(C)(C)C)cc6)cc1c43)C(C)(C)CC5(C)C)C(C)(C)CCC2(C)C. The Labute approximate surface area is 555 Å². The van der Waals surface area contributed by atoms with Crippen LogP contribution in [0.15, 0.2) is 158 Å². The summed E-state index contributed by atoms with van der Waals surface area (Å²) in [5.74, 6) is 0. The van der Waals surface area contributed by atoms with Crippen molar-refractivity contribution >= 4 is 106 Å². The third-order valence-electron chi connectivity index (χ3n) is 23.3. The molecule has 1 aromatic heterocycles. The zero-order chi connectivity index (χ0) is 65.1. The van der Waals surface area contributed by atoms with Crippen LogP contribution in [0.2, 0.25) is 0 Å². The Kier molecular flexibility index (Phi) is 13.3. The van der Waals surface area contributed by atoms with Gasteiger partial charge in [-0.2, -0.15) is 0 Å². The number of hydrogen-bond acceptors (Lipinski definition) is 4. The van der Waals surface area contributed by atoms with Crippen molar-refractivity contribution in [2.24, 2.45) is 0 Å². The fourth-order valence-electron chi connectivity index (χ4n) is 17.8. The molecule has 3 heterocycles. The molecule has 0 radical (unpaired) electrons. The molecule has 0 unspecified atom stereocenters. The molecular weight excluding hydrogens is 1130 g/mol. The van der Waals surface area contributed by atoms with Crippen molar-refractivity contribution < 1.29 is 0 Å². The van der Waals surface area contributed by atoms with Gasteiger partial charge >= 0.3 is 0 Å². The van der Waals surface area contributed by atoms with Crippen LogP contribution in [0.3, 0.4) is 0 Å². The zero-order valence-corrected chi connectivity index (χ0v) is 59.7. The van der Waals surface area contributed by atoms with E-state index in [1.807, 2.05) is 11.3 Å². The summed E-state index contributed by atoms with van der Waals surface area (Å²) in [5, 5.41) is 2.67. The molecule has 0 saturated carbocycles. The molecule has 0 fully saturated rings. The van der Waals surface area contributed by atoms with Crippen molar-refractivity contribution in [2.45, 2.75) is 214 Å². The van der Waals surface area contributed by atoms with Crippen LogP contribution >= 0.6 is 11.3 Å². The van der Waals surface area contributed by atoms with Gasteiger partial charge in [0.1, 0.15) is 0 Å². The number of fused-ring (bicyclic) bond motifs is 10. The van der Waals surface area contributed by atoms with Crippen LogP contribution < -0.4 is 31.1 Å². The lowest BCUT2D eigenvalue weighted by molar-refractivity contribution is 0.332. The number of anilines is 9. The van der Waals surface area contributed by atoms with Crippen LogP contribution in [0, 0.1) is 13.8 Å². The third kappa shape index (κ3) is 9.36. The number of rotatable bonds is 6. The molecule has 2 aliphatic heterocycles. The van der Waals surface area contributed by atoms with E-state index in [0.717, 1.165) is 42.7 Å². The minimum Gasteiger partial charge on any atom is -0.311 e. The molecule has 5 heteroatoms. The van der Waals surface area contributed by atoms with Gasteiger partial charge in [0.05, 0.1) is 5.69 Å². The van der Waals surface area contributed by atoms with Gasteiger partial charge in [0.25, 0.3) is 6.71 Å². The van der Waals surface area contributed by atoms with E-state index in [1.165, 1.54) is 144 Å². The molecule has 15 rings (SSSR count). The highest BCUT2D eigenvalue weighted by Gasteiger charge is 2.50. The molecule has 0 saturated heterocycles. The zero-order valence-electron chi connectivity index (χ0n) is 58.9. The van der Waals surface area contributed by atoms with E-state index < -0.39 is 0 Å². The van der Waals surface area contributed by atoms with Gasteiger partial charge < -0.3 is 14.7 Å². The van der Waals surface area contributed by atoms with Gasteiger partial charge in [-0.3, -0.25) is 0 Å². The molecule has 0 bridgehead atoms. The van der Waals surface area contributed by atoms with E-state index in [4.69, 9.17) is 0 Å². The Bertz CT molecular complexity index is 4660. The summed E-state index contributed by atoms with van der Waals surface area (Å²) in [7, 11) is 0. The minimum absolute atomic E-state index is 0.00856. The third-order valence-corrected chi connectivity index (χ3v) is 24.4. The molecule has 3 aliphatic carbocycles. The molecule has 468 valence electrons. The van der Waals surface area contributed by atoms with Crippen molar-refractivity contribution in [3.63, 3.8) is 0 Å². The molecule has 0 amide bonds. The smallest absolute Gasteiger partial charge is 0.252 e. The summed E-state index contributed by atoms with van der Waals surface area (Å²) < 4.78 is 2.66. The first-order valence-electron chi connectivity index (χ1n) is 34.5. The average Bonchev–Trinajstić information content (AvgIpc) is 0.926. The molecular formula is C87H96BN3S. The first-order valence-corrected chi connectivity index (χ1v) is 35.3. The van der Waals surface area contributed by atoms with E-state index >= 15 is 0 Å². The second-order valence-electron chi connectivity index (χ2n) is 34.8. The second kappa shape index (κ2) is 20.1. The Balaban J connectivity index is 1.11. The van der Waals surface area contributed by atoms with Crippen molar-refractivity contribution in [2.75, 3.05) is 14.7 Å². The van der Waals surface area contributed by atoms with Crippen LogP contribution in [0.4, 0.5) is 51.2 Å².